The fourth-order valence-electron chi connectivity index (χ4n) is 3.96. The van der Waals surface area contributed by atoms with Gasteiger partial charge in [-0.05, 0) is 64.9 Å². The van der Waals surface area contributed by atoms with Crippen molar-refractivity contribution < 1.29 is 14.0 Å². The predicted molar refractivity (Wildman–Crippen MR) is 150 cm³/mol. The van der Waals surface area contributed by atoms with Gasteiger partial charge in [0.05, 0.1) is 11.8 Å². The van der Waals surface area contributed by atoms with Gasteiger partial charge in [-0.1, -0.05) is 24.0 Å². The quantitative estimate of drug-likeness (QED) is 0.319. The Labute approximate surface area is 229 Å². The molecule has 39 heavy (non-hydrogen) atoms. The lowest BCUT2D eigenvalue weighted by Crippen LogP contribution is -2.51. The Kier molecular flexibility index (Phi) is 9.15. The summed E-state index contributed by atoms with van der Waals surface area (Å²) in [5.74, 6) is 6.95. The predicted octanol–water partition coefficient (Wildman–Crippen LogP) is 3.14. The molecule has 206 valence electrons. The standard InChI is InChI=1S/C29H36FN7O2/c1-19(37(4)26(38)9-6-14-36(2)3)28(39)33-25-15-20(16-25)10-11-21-18-31-29(35-27(21)32-23-12-13-23)34-24-8-5-7-22(30)17-24/h5-9,17-20,23,25H,12-16H2,1-4H3,(H,33,39)(H2,31,32,34,35)/b9-6+/t19-,20?,25?/m0/s1. The van der Waals surface area contributed by atoms with Crippen molar-refractivity contribution in [2.24, 2.45) is 5.92 Å². The van der Waals surface area contributed by atoms with Crippen molar-refractivity contribution in [3.8, 4) is 11.8 Å². The van der Waals surface area contributed by atoms with Crippen molar-refractivity contribution >= 4 is 29.3 Å². The minimum atomic E-state index is -0.570. The first-order chi connectivity index (χ1) is 18.7. The first kappa shape index (κ1) is 28.0. The van der Waals surface area contributed by atoms with E-state index in [2.05, 4.69) is 37.8 Å². The number of carbonyl (C=O) groups excluding carboxylic acids is 2. The molecular weight excluding hydrogens is 497 g/mol. The number of nitrogens with zero attached hydrogens (tertiary/aromatic N) is 4. The molecule has 10 heteroatoms. The van der Waals surface area contributed by atoms with Crippen molar-refractivity contribution in [2.45, 2.75) is 50.7 Å². The summed E-state index contributed by atoms with van der Waals surface area (Å²) in [7, 11) is 5.48. The van der Waals surface area contributed by atoms with Crippen LogP contribution in [-0.2, 0) is 9.59 Å². The van der Waals surface area contributed by atoms with E-state index in [4.69, 9.17) is 0 Å². The zero-order valence-corrected chi connectivity index (χ0v) is 22.9. The summed E-state index contributed by atoms with van der Waals surface area (Å²) in [6.45, 7) is 2.38. The van der Waals surface area contributed by atoms with E-state index in [1.54, 1.807) is 38.4 Å². The van der Waals surface area contributed by atoms with E-state index in [1.165, 1.54) is 23.1 Å². The van der Waals surface area contributed by atoms with Crippen LogP contribution in [0.1, 0.15) is 38.2 Å². The van der Waals surface area contributed by atoms with Crippen molar-refractivity contribution in [1.29, 1.82) is 0 Å². The first-order valence-corrected chi connectivity index (χ1v) is 13.2. The number of aromatic nitrogens is 2. The monoisotopic (exact) mass is 533 g/mol. The summed E-state index contributed by atoms with van der Waals surface area (Å²) in [6, 6.07) is 5.98. The van der Waals surface area contributed by atoms with Gasteiger partial charge in [0.2, 0.25) is 17.8 Å². The highest BCUT2D eigenvalue weighted by atomic mass is 19.1. The molecule has 0 unspecified atom stereocenters. The summed E-state index contributed by atoms with van der Waals surface area (Å²) in [5, 5.41) is 9.47. The van der Waals surface area contributed by atoms with Gasteiger partial charge in [-0.2, -0.15) is 4.98 Å². The highest BCUT2D eigenvalue weighted by Gasteiger charge is 2.31. The molecule has 0 bridgehead atoms. The second-order valence-electron chi connectivity index (χ2n) is 10.4. The van der Waals surface area contributed by atoms with Crippen LogP contribution in [0.15, 0.2) is 42.6 Å². The topological polar surface area (TPSA) is 102 Å². The van der Waals surface area contributed by atoms with Crippen LogP contribution in [0.5, 0.6) is 0 Å². The number of benzene rings is 1. The van der Waals surface area contributed by atoms with E-state index in [1.807, 2.05) is 19.0 Å². The van der Waals surface area contributed by atoms with Gasteiger partial charge in [-0.3, -0.25) is 9.59 Å². The summed E-state index contributed by atoms with van der Waals surface area (Å²) in [6.07, 6.45) is 8.61. The maximum Gasteiger partial charge on any atom is 0.246 e. The van der Waals surface area contributed by atoms with E-state index in [9.17, 15) is 14.0 Å². The molecule has 0 radical (unpaired) electrons. The van der Waals surface area contributed by atoms with Crippen molar-refractivity contribution in [1.82, 2.24) is 25.1 Å². The largest absolute Gasteiger partial charge is 0.366 e. The van der Waals surface area contributed by atoms with Gasteiger partial charge in [0, 0.05) is 43.4 Å². The number of anilines is 3. The summed E-state index contributed by atoms with van der Waals surface area (Å²) in [4.78, 5) is 37.3. The number of halogens is 1. The van der Waals surface area contributed by atoms with Crippen LogP contribution < -0.4 is 16.0 Å². The minimum Gasteiger partial charge on any atom is -0.366 e. The third-order valence-electron chi connectivity index (χ3n) is 6.72. The smallest absolute Gasteiger partial charge is 0.246 e. The van der Waals surface area contributed by atoms with E-state index in [-0.39, 0.29) is 29.6 Å². The Morgan fingerprint density at radius 1 is 1.21 bits per heavy atom. The normalized spacial score (nSPS) is 19.0. The molecule has 0 spiro atoms. The Hall–Kier alpha value is -3.97. The number of hydrogen-bond donors (Lipinski definition) is 3. The van der Waals surface area contributed by atoms with E-state index >= 15 is 0 Å². The lowest BCUT2D eigenvalue weighted by atomic mass is 9.80. The van der Waals surface area contributed by atoms with Gasteiger partial charge in [0.1, 0.15) is 17.7 Å². The molecule has 4 rings (SSSR count). The molecule has 2 aliphatic carbocycles. The van der Waals surface area contributed by atoms with E-state index in [0.29, 0.717) is 35.6 Å². The molecule has 0 saturated heterocycles. The van der Waals surface area contributed by atoms with Gasteiger partial charge in [0.25, 0.3) is 0 Å². The zero-order valence-electron chi connectivity index (χ0n) is 22.9. The van der Waals surface area contributed by atoms with Gasteiger partial charge < -0.3 is 25.8 Å². The molecule has 9 nitrogen and oxygen atoms in total. The highest BCUT2D eigenvalue weighted by Crippen LogP contribution is 2.29. The Morgan fingerprint density at radius 3 is 2.67 bits per heavy atom. The Morgan fingerprint density at radius 2 is 1.97 bits per heavy atom. The van der Waals surface area contributed by atoms with Crippen LogP contribution in [0.3, 0.4) is 0 Å². The second-order valence-corrected chi connectivity index (χ2v) is 10.4. The van der Waals surface area contributed by atoms with Crippen LogP contribution in [0.25, 0.3) is 0 Å². The molecule has 2 saturated carbocycles. The fourth-order valence-corrected chi connectivity index (χ4v) is 3.96. The van der Waals surface area contributed by atoms with Gasteiger partial charge in [-0.25, -0.2) is 9.37 Å². The number of carbonyl (C=O) groups is 2. The van der Waals surface area contributed by atoms with Crippen LogP contribution >= 0.6 is 0 Å². The molecule has 2 amide bonds. The van der Waals surface area contributed by atoms with Crippen LogP contribution in [-0.4, -0.2) is 77.4 Å². The first-order valence-electron chi connectivity index (χ1n) is 13.2. The molecule has 2 aliphatic rings. The average molecular weight is 534 g/mol. The van der Waals surface area contributed by atoms with Crippen molar-refractivity contribution in [3.05, 3.63) is 54.0 Å². The van der Waals surface area contributed by atoms with Crippen LogP contribution in [0.2, 0.25) is 0 Å². The van der Waals surface area contributed by atoms with E-state index in [0.717, 1.165) is 25.7 Å². The molecule has 2 fully saturated rings. The molecule has 1 atom stereocenters. The fraction of sp³-hybridized carbons (Fsp3) is 0.448. The maximum atomic E-state index is 13.5. The molecule has 1 aromatic carbocycles. The minimum absolute atomic E-state index is 0.0326. The Bertz CT molecular complexity index is 1280. The SMILES string of the molecule is C[C@@H](C(=O)NC1CC(C#Cc2cnc(Nc3cccc(F)c3)nc2NC2CC2)C1)N(C)C(=O)/C=C/CN(C)C. The molecule has 3 N–H and O–H groups in total. The zero-order chi connectivity index (χ0) is 27.9. The van der Waals surface area contributed by atoms with Gasteiger partial charge >= 0.3 is 0 Å². The summed E-state index contributed by atoms with van der Waals surface area (Å²) < 4.78 is 13.5. The molecule has 1 aromatic heterocycles. The number of amides is 2. The molecule has 1 heterocycles. The van der Waals surface area contributed by atoms with Gasteiger partial charge in [-0.15, -0.1) is 0 Å². The third-order valence-corrected chi connectivity index (χ3v) is 6.72. The van der Waals surface area contributed by atoms with Crippen LogP contribution in [0, 0.1) is 23.6 Å². The van der Waals surface area contributed by atoms with Crippen molar-refractivity contribution in [3.63, 3.8) is 0 Å². The number of rotatable bonds is 10. The molecule has 2 aromatic rings. The maximum absolute atomic E-state index is 13.5. The summed E-state index contributed by atoms with van der Waals surface area (Å²) in [5.41, 5.74) is 1.27. The number of hydrogen-bond acceptors (Lipinski definition) is 7. The highest BCUT2D eigenvalue weighted by molar-refractivity contribution is 5.92. The Balaban J connectivity index is 1.30. The van der Waals surface area contributed by atoms with Gasteiger partial charge in [0.15, 0.2) is 0 Å². The average Bonchev–Trinajstić information content (AvgIpc) is 3.69. The number of nitrogens with one attached hydrogen (secondary N) is 3. The lowest BCUT2D eigenvalue weighted by molar-refractivity contribution is -0.135. The lowest BCUT2D eigenvalue weighted by Gasteiger charge is -2.34. The number of likely N-dealkylation sites (N-methyl/N-ethyl adjacent to an activating group) is 2. The van der Waals surface area contributed by atoms with E-state index < -0.39 is 6.04 Å². The summed E-state index contributed by atoms with van der Waals surface area (Å²) >= 11 is 0. The third kappa shape index (κ3) is 8.26. The van der Waals surface area contributed by atoms with Crippen molar-refractivity contribution in [2.75, 3.05) is 38.3 Å². The molecular formula is C29H36FN7O2. The molecule has 0 aliphatic heterocycles. The van der Waals surface area contributed by atoms with Crippen LogP contribution in [0.4, 0.5) is 21.8 Å². The second kappa shape index (κ2) is 12.7.